The molecule has 0 aromatic heterocycles. The van der Waals surface area contributed by atoms with Crippen LogP contribution in [-0.4, -0.2) is 50.0 Å². The molecule has 32 heavy (non-hydrogen) atoms. The maximum Gasteiger partial charge on any atom is 0.244 e. The highest BCUT2D eigenvalue weighted by atomic mass is 127. The molecule has 2 rings (SSSR count). The Morgan fingerprint density at radius 1 is 1.03 bits per heavy atom. The highest BCUT2D eigenvalue weighted by Gasteiger charge is 2.31. The van der Waals surface area contributed by atoms with Gasteiger partial charge in [0.1, 0.15) is 12.6 Å². The number of hydrogen-bond acceptors (Lipinski definition) is 4. The number of rotatable bonds is 10. The topological polar surface area (TPSA) is 86.8 Å². The van der Waals surface area contributed by atoms with Crippen molar-refractivity contribution in [2.24, 2.45) is 0 Å². The Kier molecular flexibility index (Phi) is 9.50. The Balaban J connectivity index is 2.40. The average molecular weight is 571 g/mol. The van der Waals surface area contributed by atoms with Crippen molar-refractivity contribution < 1.29 is 18.0 Å². The minimum Gasteiger partial charge on any atom is -0.352 e. The summed E-state index contributed by atoms with van der Waals surface area (Å²) in [5.41, 5.74) is 1.26. The van der Waals surface area contributed by atoms with Gasteiger partial charge < -0.3 is 10.2 Å². The maximum atomic E-state index is 13.5. The standard InChI is InChI=1S/C23H30IN3O4S/c1-5-21(23(29)25-17(2)3)26(15-18-9-7-6-8-10-18)22(28)16-27(32(4,30)31)20-13-11-19(24)12-14-20/h6-14,17,21H,5,15-16H2,1-4H3,(H,25,29)/t21-/m0/s1. The molecule has 2 aromatic rings. The number of hydrogen-bond donors (Lipinski definition) is 1. The van der Waals surface area contributed by atoms with E-state index in [4.69, 9.17) is 0 Å². The van der Waals surface area contributed by atoms with Crippen molar-refractivity contribution in [3.05, 3.63) is 63.7 Å². The first-order chi connectivity index (χ1) is 15.0. The fraction of sp³-hybridized carbons (Fsp3) is 0.391. The Morgan fingerprint density at radius 2 is 1.62 bits per heavy atom. The van der Waals surface area contributed by atoms with Gasteiger partial charge in [-0.05, 0) is 72.7 Å². The van der Waals surface area contributed by atoms with Gasteiger partial charge in [-0.3, -0.25) is 13.9 Å². The Labute approximate surface area is 204 Å². The number of nitrogens with one attached hydrogen (secondary N) is 1. The molecule has 0 radical (unpaired) electrons. The number of benzene rings is 2. The highest BCUT2D eigenvalue weighted by Crippen LogP contribution is 2.21. The van der Waals surface area contributed by atoms with Gasteiger partial charge >= 0.3 is 0 Å². The van der Waals surface area contributed by atoms with Crippen molar-refractivity contribution >= 4 is 50.1 Å². The highest BCUT2D eigenvalue weighted by molar-refractivity contribution is 14.1. The summed E-state index contributed by atoms with van der Waals surface area (Å²) in [5.74, 6) is -0.699. The third-order valence-electron chi connectivity index (χ3n) is 4.81. The van der Waals surface area contributed by atoms with Crippen molar-refractivity contribution in [2.45, 2.75) is 45.8 Å². The molecule has 2 amide bonds. The Hall–Kier alpha value is -2.14. The minimum absolute atomic E-state index is 0.0791. The van der Waals surface area contributed by atoms with Crippen LogP contribution in [0.15, 0.2) is 54.6 Å². The number of sulfonamides is 1. The molecule has 0 saturated carbocycles. The van der Waals surface area contributed by atoms with Crippen molar-refractivity contribution in [3.63, 3.8) is 0 Å². The molecule has 0 spiro atoms. The van der Waals surface area contributed by atoms with Crippen molar-refractivity contribution in [1.82, 2.24) is 10.2 Å². The van der Waals surface area contributed by atoms with Crippen LogP contribution >= 0.6 is 22.6 Å². The van der Waals surface area contributed by atoms with E-state index in [-0.39, 0.29) is 18.5 Å². The van der Waals surface area contributed by atoms with Gasteiger partial charge in [-0.1, -0.05) is 37.3 Å². The molecule has 0 heterocycles. The first kappa shape index (κ1) is 26.1. The SMILES string of the molecule is CC[C@@H](C(=O)NC(C)C)N(Cc1ccccc1)C(=O)CN(c1ccc(I)cc1)S(C)(=O)=O. The van der Waals surface area contributed by atoms with Crippen LogP contribution in [0, 0.1) is 3.57 Å². The van der Waals surface area contributed by atoms with E-state index in [1.807, 2.05) is 51.1 Å². The second kappa shape index (κ2) is 11.6. The Bertz CT molecular complexity index is 1010. The largest absolute Gasteiger partial charge is 0.352 e. The summed E-state index contributed by atoms with van der Waals surface area (Å²) in [4.78, 5) is 27.8. The van der Waals surface area contributed by atoms with E-state index in [2.05, 4.69) is 27.9 Å². The fourth-order valence-corrected chi connectivity index (χ4v) is 4.51. The summed E-state index contributed by atoms with van der Waals surface area (Å²) in [6.07, 6.45) is 1.47. The van der Waals surface area contributed by atoms with Crippen LogP contribution in [0.3, 0.4) is 0 Å². The van der Waals surface area contributed by atoms with Crippen LogP contribution in [-0.2, 0) is 26.2 Å². The van der Waals surface area contributed by atoms with Crippen LogP contribution in [0.25, 0.3) is 0 Å². The summed E-state index contributed by atoms with van der Waals surface area (Å²) >= 11 is 2.13. The van der Waals surface area contributed by atoms with Gasteiger partial charge in [-0.15, -0.1) is 0 Å². The number of anilines is 1. The van der Waals surface area contributed by atoms with Gasteiger partial charge in [0.2, 0.25) is 21.8 Å². The predicted octanol–water partition coefficient (Wildman–Crippen LogP) is 3.39. The summed E-state index contributed by atoms with van der Waals surface area (Å²) < 4.78 is 27.1. The van der Waals surface area contributed by atoms with Crippen LogP contribution < -0.4 is 9.62 Å². The summed E-state index contributed by atoms with van der Waals surface area (Å²) in [6, 6.07) is 15.5. The fourth-order valence-electron chi connectivity index (χ4n) is 3.30. The molecule has 9 heteroatoms. The van der Waals surface area contributed by atoms with E-state index in [1.165, 1.54) is 4.90 Å². The number of carbonyl (C=O) groups is 2. The summed E-state index contributed by atoms with van der Waals surface area (Å²) in [6.45, 7) is 5.36. The smallest absolute Gasteiger partial charge is 0.244 e. The molecule has 2 aromatic carbocycles. The van der Waals surface area contributed by atoms with E-state index in [0.717, 1.165) is 19.7 Å². The molecule has 1 N–H and O–H groups in total. The monoisotopic (exact) mass is 571 g/mol. The molecule has 0 aliphatic rings. The van der Waals surface area contributed by atoms with Crippen LogP contribution in [0.2, 0.25) is 0 Å². The lowest BCUT2D eigenvalue weighted by atomic mass is 10.1. The van der Waals surface area contributed by atoms with Gasteiger partial charge in [0.25, 0.3) is 0 Å². The van der Waals surface area contributed by atoms with E-state index in [9.17, 15) is 18.0 Å². The van der Waals surface area contributed by atoms with Gasteiger partial charge in [0.05, 0.1) is 11.9 Å². The maximum absolute atomic E-state index is 13.5. The number of nitrogens with zero attached hydrogens (tertiary/aromatic N) is 2. The molecule has 0 aliphatic carbocycles. The number of carbonyl (C=O) groups excluding carboxylic acids is 2. The molecular formula is C23H30IN3O4S. The third-order valence-corrected chi connectivity index (χ3v) is 6.67. The first-order valence-corrected chi connectivity index (χ1v) is 13.3. The van der Waals surface area contributed by atoms with E-state index in [1.54, 1.807) is 24.3 Å². The zero-order valence-electron chi connectivity index (χ0n) is 18.8. The van der Waals surface area contributed by atoms with Gasteiger partial charge in [0, 0.05) is 16.2 Å². The summed E-state index contributed by atoms with van der Waals surface area (Å²) in [5, 5.41) is 2.87. The van der Waals surface area contributed by atoms with Gasteiger partial charge in [0.15, 0.2) is 0 Å². The van der Waals surface area contributed by atoms with E-state index in [0.29, 0.717) is 12.1 Å². The van der Waals surface area contributed by atoms with Gasteiger partial charge in [-0.25, -0.2) is 8.42 Å². The minimum atomic E-state index is -3.72. The van der Waals surface area contributed by atoms with Crippen molar-refractivity contribution in [3.8, 4) is 0 Å². The lowest BCUT2D eigenvalue weighted by Crippen LogP contribution is -2.53. The van der Waals surface area contributed by atoms with Crippen molar-refractivity contribution in [1.29, 1.82) is 0 Å². The second-order valence-corrected chi connectivity index (χ2v) is 11.0. The van der Waals surface area contributed by atoms with Gasteiger partial charge in [-0.2, -0.15) is 0 Å². The van der Waals surface area contributed by atoms with Crippen LogP contribution in [0.1, 0.15) is 32.8 Å². The lowest BCUT2D eigenvalue weighted by molar-refractivity contribution is -0.140. The zero-order valence-corrected chi connectivity index (χ0v) is 21.8. The molecular weight excluding hydrogens is 541 g/mol. The lowest BCUT2D eigenvalue weighted by Gasteiger charge is -2.33. The number of halogens is 1. The van der Waals surface area contributed by atoms with E-state index >= 15 is 0 Å². The molecule has 174 valence electrons. The molecule has 0 saturated heterocycles. The van der Waals surface area contributed by atoms with Crippen molar-refractivity contribution in [2.75, 3.05) is 17.1 Å². The van der Waals surface area contributed by atoms with E-state index < -0.39 is 28.5 Å². The molecule has 1 atom stereocenters. The summed E-state index contributed by atoms with van der Waals surface area (Å²) in [7, 11) is -3.72. The quantitative estimate of drug-likeness (QED) is 0.443. The molecule has 0 fully saturated rings. The zero-order chi connectivity index (χ0) is 23.9. The normalized spacial score (nSPS) is 12.3. The number of amides is 2. The third kappa shape index (κ3) is 7.47. The van der Waals surface area contributed by atoms with Crippen LogP contribution in [0.5, 0.6) is 0 Å². The molecule has 0 unspecified atom stereocenters. The predicted molar refractivity (Wildman–Crippen MR) is 136 cm³/mol. The average Bonchev–Trinajstić information content (AvgIpc) is 2.72. The van der Waals surface area contributed by atoms with Crippen LogP contribution in [0.4, 0.5) is 5.69 Å². The molecule has 0 aliphatic heterocycles. The first-order valence-electron chi connectivity index (χ1n) is 10.4. The molecule has 0 bridgehead atoms. The molecule has 7 nitrogen and oxygen atoms in total. The Morgan fingerprint density at radius 3 is 2.12 bits per heavy atom. The second-order valence-electron chi connectivity index (χ2n) is 7.84.